The van der Waals surface area contributed by atoms with Crippen LogP contribution in [0.3, 0.4) is 0 Å². The quantitative estimate of drug-likeness (QED) is 0.537. The zero-order chi connectivity index (χ0) is 21.1. The van der Waals surface area contributed by atoms with Gasteiger partial charge in [-0.3, -0.25) is 0 Å². The van der Waals surface area contributed by atoms with Crippen LogP contribution >= 0.6 is 0 Å². The SMILES string of the molecule is OC(C[C@@H]1CCCN2CCCC[C@H]12)(c1ccccc1)c1ccc(-c2ccccc2)cc1. The van der Waals surface area contributed by atoms with E-state index in [1.165, 1.54) is 56.3 Å². The molecular weight excluding hydrogens is 378 g/mol. The highest BCUT2D eigenvalue weighted by Crippen LogP contribution is 2.42. The molecule has 2 heterocycles. The van der Waals surface area contributed by atoms with Gasteiger partial charge in [-0.05, 0) is 73.4 Å². The van der Waals surface area contributed by atoms with Crippen molar-refractivity contribution in [2.24, 2.45) is 5.92 Å². The summed E-state index contributed by atoms with van der Waals surface area (Å²) in [6.07, 6.45) is 7.20. The van der Waals surface area contributed by atoms with E-state index in [-0.39, 0.29) is 0 Å². The Kier molecular flexibility index (Phi) is 5.93. The first-order valence-electron chi connectivity index (χ1n) is 11.9. The lowest BCUT2D eigenvalue weighted by molar-refractivity contribution is -0.00415. The average Bonchev–Trinajstić information content (AvgIpc) is 2.85. The second kappa shape index (κ2) is 8.98. The monoisotopic (exact) mass is 411 g/mol. The fraction of sp³-hybridized carbons (Fsp3) is 0.379. The Morgan fingerprint density at radius 2 is 1.29 bits per heavy atom. The van der Waals surface area contributed by atoms with E-state index in [1.807, 2.05) is 24.3 Å². The van der Waals surface area contributed by atoms with Gasteiger partial charge in [0.25, 0.3) is 0 Å². The van der Waals surface area contributed by atoms with Crippen LogP contribution in [0.15, 0.2) is 84.9 Å². The smallest absolute Gasteiger partial charge is 0.115 e. The van der Waals surface area contributed by atoms with Crippen molar-refractivity contribution in [3.8, 4) is 11.1 Å². The Bertz CT molecular complexity index is 967. The van der Waals surface area contributed by atoms with E-state index in [1.54, 1.807) is 0 Å². The largest absolute Gasteiger partial charge is 0.380 e. The third-order valence-electron chi connectivity index (χ3n) is 7.51. The van der Waals surface area contributed by atoms with Crippen molar-refractivity contribution in [1.82, 2.24) is 4.90 Å². The fourth-order valence-electron chi connectivity index (χ4n) is 5.88. The molecule has 3 aromatic rings. The van der Waals surface area contributed by atoms with Gasteiger partial charge in [-0.15, -0.1) is 0 Å². The topological polar surface area (TPSA) is 23.5 Å². The lowest BCUT2D eigenvalue weighted by Crippen LogP contribution is -2.49. The van der Waals surface area contributed by atoms with E-state index in [2.05, 4.69) is 65.6 Å². The molecule has 0 aromatic heterocycles. The Balaban J connectivity index is 1.48. The minimum atomic E-state index is -0.957. The van der Waals surface area contributed by atoms with Crippen LogP contribution in [-0.4, -0.2) is 29.1 Å². The molecule has 0 saturated carbocycles. The maximum Gasteiger partial charge on any atom is 0.115 e. The fourth-order valence-corrected chi connectivity index (χ4v) is 5.88. The first-order chi connectivity index (χ1) is 15.2. The molecule has 160 valence electrons. The van der Waals surface area contributed by atoms with Gasteiger partial charge < -0.3 is 10.0 Å². The number of hydrogen-bond donors (Lipinski definition) is 1. The number of aliphatic hydroxyl groups is 1. The van der Waals surface area contributed by atoms with Gasteiger partial charge in [-0.1, -0.05) is 91.3 Å². The highest BCUT2D eigenvalue weighted by atomic mass is 16.3. The van der Waals surface area contributed by atoms with Crippen molar-refractivity contribution in [1.29, 1.82) is 0 Å². The molecule has 0 amide bonds. The Morgan fingerprint density at radius 1 is 0.677 bits per heavy atom. The summed E-state index contributed by atoms with van der Waals surface area (Å²) < 4.78 is 0. The number of nitrogens with zero attached hydrogens (tertiary/aromatic N) is 1. The Hall–Kier alpha value is -2.42. The molecule has 5 rings (SSSR count). The van der Waals surface area contributed by atoms with Crippen molar-refractivity contribution in [2.45, 2.75) is 50.2 Å². The molecule has 1 N–H and O–H groups in total. The molecule has 2 nitrogen and oxygen atoms in total. The van der Waals surface area contributed by atoms with Crippen molar-refractivity contribution < 1.29 is 5.11 Å². The van der Waals surface area contributed by atoms with Gasteiger partial charge in [0, 0.05) is 6.04 Å². The summed E-state index contributed by atoms with van der Waals surface area (Å²) in [5.74, 6) is 0.535. The lowest BCUT2D eigenvalue weighted by atomic mass is 9.72. The average molecular weight is 412 g/mol. The summed E-state index contributed by atoms with van der Waals surface area (Å²) in [6.45, 7) is 2.47. The minimum absolute atomic E-state index is 0.535. The zero-order valence-corrected chi connectivity index (χ0v) is 18.3. The first kappa shape index (κ1) is 20.5. The van der Waals surface area contributed by atoms with Crippen LogP contribution in [0.1, 0.15) is 49.7 Å². The molecule has 3 aromatic carbocycles. The van der Waals surface area contributed by atoms with Crippen LogP contribution in [0.2, 0.25) is 0 Å². The molecule has 2 fully saturated rings. The first-order valence-corrected chi connectivity index (χ1v) is 11.9. The summed E-state index contributed by atoms with van der Waals surface area (Å²) >= 11 is 0. The van der Waals surface area contributed by atoms with Crippen LogP contribution in [0, 0.1) is 5.92 Å². The molecule has 0 aliphatic carbocycles. The standard InChI is InChI=1S/C29H33NO/c31-29(26-13-5-2-6-14-26,22-25-12-9-21-30-20-8-7-15-28(25)30)27-18-16-24(17-19-27)23-10-3-1-4-11-23/h1-6,10-11,13-14,16-19,25,28,31H,7-9,12,15,20-22H2/t25-,28+,29?/m0/s1. The molecule has 2 heteroatoms. The summed E-state index contributed by atoms with van der Waals surface area (Å²) in [5, 5.41) is 12.2. The number of piperidine rings is 2. The van der Waals surface area contributed by atoms with Crippen LogP contribution in [0.5, 0.6) is 0 Å². The van der Waals surface area contributed by atoms with Crippen LogP contribution in [-0.2, 0) is 5.60 Å². The second-order valence-corrected chi connectivity index (χ2v) is 9.38. The van der Waals surface area contributed by atoms with E-state index in [0.29, 0.717) is 12.0 Å². The number of rotatable bonds is 5. The van der Waals surface area contributed by atoms with Crippen molar-refractivity contribution in [2.75, 3.05) is 13.1 Å². The molecule has 2 aliphatic rings. The second-order valence-electron chi connectivity index (χ2n) is 9.38. The van der Waals surface area contributed by atoms with Crippen LogP contribution < -0.4 is 0 Å². The summed E-state index contributed by atoms with van der Waals surface area (Å²) in [7, 11) is 0. The van der Waals surface area contributed by atoms with Crippen LogP contribution in [0.4, 0.5) is 0 Å². The predicted octanol–water partition coefficient (Wildman–Crippen LogP) is 6.24. The maximum absolute atomic E-state index is 12.2. The third kappa shape index (κ3) is 4.20. The molecule has 0 spiro atoms. The Labute approximate surface area is 186 Å². The molecule has 2 aliphatic heterocycles. The summed E-state index contributed by atoms with van der Waals surface area (Å²) in [5.41, 5.74) is 3.46. The lowest BCUT2D eigenvalue weighted by Gasteiger charge is -2.46. The minimum Gasteiger partial charge on any atom is -0.380 e. The molecule has 2 saturated heterocycles. The predicted molar refractivity (Wildman–Crippen MR) is 128 cm³/mol. The van der Waals surface area contributed by atoms with Gasteiger partial charge in [-0.2, -0.15) is 0 Å². The third-order valence-corrected chi connectivity index (χ3v) is 7.51. The molecule has 3 atom stereocenters. The van der Waals surface area contributed by atoms with E-state index in [4.69, 9.17) is 0 Å². The number of benzene rings is 3. The molecule has 31 heavy (non-hydrogen) atoms. The van der Waals surface area contributed by atoms with E-state index in [0.717, 1.165) is 17.5 Å². The molecule has 1 unspecified atom stereocenters. The van der Waals surface area contributed by atoms with Gasteiger partial charge in [0.2, 0.25) is 0 Å². The van der Waals surface area contributed by atoms with Gasteiger partial charge in [0.05, 0.1) is 0 Å². The molecular formula is C29H33NO. The highest BCUT2D eigenvalue weighted by molar-refractivity contribution is 5.63. The number of hydrogen-bond acceptors (Lipinski definition) is 2. The van der Waals surface area contributed by atoms with Gasteiger partial charge >= 0.3 is 0 Å². The van der Waals surface area contributed by atoms with Crippen molar-refractivity contribution in [3.05, 3.63) is 96.1 Å². The van der Waals surface area contributed by atoms with E-state index < -0.39 is 5.60 Å². The molecule has 0 bridgehead atoms. The van der Waals surface area contributed by atoms with E-state index >= 15 is 0 Å². The van der Waals surface area contributed by atoms with Crippen molar-refractivity contribution in [3.63, 3.8) is 0 Å². The van der Waals surface area contributed by atoms with E-state index in [9.17, 15) is 5.11 Å². The summed E-state index contributed by atoms with van der Waals surface area (Å²) in [6, 6.07) is 30.0. The van der Waals surface area contributed by atoms with Gasteiger partial charge in [-0.25, -0.2) is 0 Å². The summed E-state index contributed by atoms with van der Waals surface area (Å²) in [4.78, 5) is 2.70. The normalized spacial score (nSPS) is 23.6. The van der Waals surface area contributed by atoms with Crippen LogP contribution in [0.25, 0.3) is 11.1 Å². The maximum atomic E-state index is 12.2. The van der Waals surface area contributed by atoms with Crippen molar-refractivity contribution >= 4 is 0 Å². The highest BCUT2D eigenvalue weighted by Gasteiger charge is 2.40. The van der Waals surface area contributed by atoms with Gasteiger partial charge in [0.15, 0.2) is 0 Å². The number of fused-ring (bicyclic) bond motifs is 1. The zero-order valence-electron chi connectivity index (χ0n) is 18.3. The molecule has 0 radical (unpaired) electrons. The van der Waals surface area contributed by atoms with Gasteiger partial charge in [0.1, 0.15) is 5.60 Å². The Morgan fingerprint density at radius 3 is 2.03 bits per heavy atom.